The number of hydrogen-bond acceptors (Lipinski definition) is 4. The van der Waals surface area contributed by atoms with E-state index in [2.05, 4.69) is 6.92 Å². The molecule has 1 aromatic rings. The third kappa shape index (κ3) is 6.06. The van der Waals surface area contributed by atoms with Gasteiger partial charge in [0.2, 0.25) is 11.8 Å². The zero-order valence-corrected chi connectivity index (χ0v) is 15.9. The van der Waals surface area contributed by atoms with Crippen LogP contribution in [-0.4, -0.2) is 58.9 Å². The van der Waals surface area contributed by atoms with Crippen molar-refractivity contribution in [1.82, 2.24) is 15.3 Å². The molecule has 7 heteroatoms. The molecule has 2 rings (SSSR count). The minimum absolute atomic E-state index is 0.0117. The molecule has 1 aromatic carbocycles. The predicted octanol–water partition coefficient (Wildman–Crippen LogP) is 2.06. The summed E-state index contributed by atoms with van der Waals surface area (Å²) in [4.78, 5) is 40.4. The molecule has 1 unspecified atom stereocenters. The Morgan fingerprint density at radius 1 is 1.04 bits per heavy atom. The maximum atomic E-state index is 12.9. The summed E-state index contributed by atoms with van der Waals surface area (Å²) in [6.45, 7) is 3.96. The molecule has 7 nitrogen and oxygen atoms in total. The number of rotatable bonds is 8. The van der Waals surface area contributed by atoms with Crippen LogP contribution in [0.3, 0.4) is 0 Å². The van der Waals surface area contributed by atoms with Crippen LogP contribution < -0.4 is 5.48 Å². The van der Waals surface area contributed by atoms with Gasteiger partial charge in [0.15, 0.2) is 0 Å². The van der Waals surface area contributed by atoms with E-state index in [4.69, 9.17) is 5.21 Å². The molecule has 1 aliphatic heterocycles. The van der Waals surface area contributed by atoms with Crippen LogP contribution in [0.2, 0.25) is 0 Å². The van der Waals surface area contributed by atoms with Gasteiger partial charge >= 0.3 is 0 Å². The lowest BCUT2D eigenvalue weighted by atomic mass is 9.95. The van der Waals surface area contributed by atoms with Gasteiger partial charge in [0.25, 0.3) is 5.91 Å². The van der Waals surface area contributed by atoms with Crippen molar-refractivity contribution in [2.24, 2.45) is 5.92 Å². The summed E-state index contributed by atoms with van der Waals surface area (Å²) >= 11 is 0. The molecule has 1 heterocycles. The Hall–Kier alpha value is -2.41. The predicted molar refractivity (Wildman–Crippen MR) is 101 cm³/mol. The number of hydroxylamine groups is 1. The van der Waals surface area contributed by atoms with E-state index in [-0.39, 0.29) is 18.2 Å². The monoisotopic (exact) mass is 375 g/mol. The Labute approximate surface area is 160 Å². The summed E-state index contributed by atoms with van der Waals surface area (Å²) in [5.74, 6) is -1.06. The summed E-state index contributed by atoms with van der Waals surface area (Å²) in [5.41, 5.74) is 2.27. The lowest BCUT2D eigenvalue weighted by molar-refractivity contribution is -0.141. The maximum Gasteiger partial charge on any atom is 0.253 e. The molecule has 0 aliphatic carbocycles. The highest BCUT2D eigenvalue weighted by Gasteiger charge is 2.30. The second-order valence-electron chi connectivity index (χ2n) is 6.92. The van der Waals surface area contributed by atoms with E-state index in [0.29, 0.717) is 38.2 Å². The normalized spacial score (nSPS) is 15.3. The Bertz CT molecular complexity index is 627. The van der Waals surface area contributed by atoms with E-state index >= 15 is 0 Å². The first-order valence-electron chi connectivity index (χ1n) is 9.62. The van der Waals surface area contributed by atoms with E-state index in [1.165, 1.54) is 0 Å². The second kappa shape index (κ2) is 10.7. The van der Waals surface area contributed by atoms with Crippen molar-refractivity contribution in [1.29, 1.82) is 0 Å². The van der Waals surface area contributed by atoms with E-state index in [9.17, 15) is 14.4 Å². The van der Waals surface area contributed by atoms with E-state index in [1.54, 1.807) is 27.4 Å². The Kier molecular flexibility index (Phi) is 8.26. The van der Waals surface area contributed by atoms with Gasteiger partial charge in [-0.1, -0.05) is 44.4 Å². The SMILES string of the molecule is CCCCCC(CC(=O)NO)C(=O)N1CCN(C(=O)c2ccccc2)CC1. The van der Waals surface area contributed by atoms with Crippen LogP contribution in [0.25, 0.3) is 0 Å². The van der Waals surface area contributed by atoms with Crippen molar-refractivity contribution < 1.29 is 19.6 Å². The van der Waals surface area contributed by atoms with E-state index in [0.717, 1.165) is 19.3 Å². The average molecular weight is 375 g/mol. The van der Waals surface area contributed by atoms with E-state index < -0.39 is 11.8 Å². The van der Waals surface area contributed by atoms with Crippen molar-refractivity contribution in [3.63, 3.8) is 0 Å². The molecule has 2 N–H and O–H groups in total. The van der Waals surface area contributed by atoms with Crippen LogP contribution in [0, 0.1) is 5.92 Å². The number of carbonyl (C=O) groups excluding carboxylic acids is 3. The van der Waals surface area contributed by atoms with Crippen LogP contribution in [0.1, 0.15) is 49.4 Å². The molecule has 0 aromatic heterocycles. The van der Waals surface area contributed by atoms with Crippen molar-refractivity contribution >= 4 is 17.7 Å². The van der Waals surface area contributed by atoms with Gasteiger partial charge in [0, 0.05) is 44.1 Å². The van der Waals surface area contributed by atoms with Gasteiger partial charge in [-0.15, -0.1) is 0 Å². The topological polar surface area (TPSA) is 89.9 Å². The number of nitrogens with zero attached hydrogens (tertiary/aromatic N) is 2. The Balaban J connectivity index is 1.92. The highest BCUT2D eigenvalue weighted by Crippen LogP contribution is 2.19. The lowest BCUT2D eigenvalue weighted by Crippen LogP contribution is -2.52. The van der Waals surface area contributed by atoms with Gasteiger partial charge in [0.1, 0.15) is 0 Å². The third-order valence-corrected chi connectivity index (χ3v) is 4.96. The molecule has 3 amide bonds. The summed E-state index contributed by atoms with van der Waals surface area (Å²) in [6, 6.07) is 9.11. The first kappa shape index (κ1) is 20.9. The number of amides is 3. The minimum atomic E-state index is -0.539. The van der Waals surface area contributed by atoms with Crippen LogP contribution in [0.15, 0.2) is 30.3 Å². The molecule has 148 valence electrons. The van der Waals surface area contributed by atoms with Crippen LogP contribution in [0.4, 0.5) is 0 Å². The number of carbonyl (C=O) groups is 3. The first-order chi connectivity index (χ1) is 13.1. The quantitative estimate of drug-likeness (QED) is 0.413. The molecule has 1 fully saturated rings. The summed E-state index contributed by atoms with van der Waals surface area (Å²) in [6.07, 6.45) is 3.53. The number of piperazine rings is 1. The van der Waals surface area contributed by atoms with E-state index in [1.807, 2.05) is 18.2 Å². The van der Waals surface area contributed by atoms with Gasteiger partial charge in [-0.3, -0.25) is 19.6 Å². The molecule has 0 radical (unpaired) electrons. The minimum Gasteiger partial charge on any atom is -0.339 e. The fraction of sp³-hybridized carbons (Fsp3) is 0.550. The van der Waals surface area contributed by atoms with Crippen LogP contribution >= 0.6 is 0 Å². The molecular weight excluding hydrogens is 346 g/mol. The molecule has 1 saturated heterocycles. The molecule has 0 spiro atoms. The fourth-order valence-electron chi connectivity index (χ4n) is 3.37. The Morgan fingerprint density at radius 2 is 1.67 bits per heavy atom. The average Bonchev–Trinajstić information content (AvgIpc) is 2.72. The molecular formula is C20H29N3O4. The number of nitrogens with one attached hydrogen (secondary N) is 1. The highest BCUT2D eigenvalue weighted by atomic mass is 16.5. The van der Waals surface area contributed by atoms with Crippen LogP contribution in [-0.2, 0) is 9.59 Å². The van der Waals surface area contributed by atoms with Crippen molar-refractivity contribution in [2.45, 2.75) is 39.0 Å². The lowest BCUT2D eigenvalue weighted by Gasteiger charge is -2.36. The van der Waals surface area contributed by atoms with Crippen LogP contribution in [0.5, 0.6) is 0 Å². The first-order valence-corrected chi connectivity index (χ1v) is 9.62. The van der Waals surface area contributed by atoms with Gasteiger partial charge < -0.3 is 9.80 Å². The molecule has 0 bridgehead atoms. The van der Waals surface area contributed by atoms with Crippen molar-refractivity contribution in [3.8, 4) is 0 Å². The summed E-state index contributed by atoms with van der Waals surface area (Å²) in [7, 11) is 0. The molecule has 1 aliphatic rings. The molecule has 27 heavy (non-hydrogen) atoms. The Morgan fingerprint density at radius 3 is 2.26 bits per heavy atom. The van der Waals surface area contributed by atoms with Gasteiger partial charge in [0.05, 0.1) is 0 Å². The van der Waals surface area contributed by atoms with Gasteiger partial charge in [-0.2, -0.15) is 0 Å². The zero-order valence-electron chi connectivity index (χ0n) is 15.9. The number of benzene rings is 1. The fourth-order valence-corrected chi connectivity index (χ4v) is 3.37. The molecule has 1 atom stereocenters. The van der Waals surface area contributed by atoms with Crippen molar-refractivity contribution in [3.05, 3.63) is 35.9 Å². The smallest absolute Gasteiger partial charge is 0.253 e. The maximum absolute atomic E-state index is 12.9. The molecule has 0 saturated carbocycles. The number of unbranched alkanes of at least 4 members (excludes halogenated alkanes) is 2. The zero-order chi connectivity index (χ0) is 19.6. The standard InChI is InChI=1S/C20H29N3O4/c1-2-3-5-10-17(15-18(24)21-27)20(26)23-13-11-22(12-14-23)19(25)16-8-6-4-7-9-16/h4,6-9,17,27H,2-3,5,10-15H2,1H3,(H,21,24). The summed E-state index contributed by atoms with van der Waals surface area (Å²) in [5, 5.41) is 8.78. The van der Waals surface area contributed by atoms with Gasteiger partial charge in [-0.05, 0) is 18.6 Å². The highest BCUT2D eigenvalue weighted by molar-refractivity contribution is 5.94. The summed E-state index contributed by atoms with van der Waals surface area (Å²) < 4.78 is 0. The third-order valence-electron chi connectivity index (χ3n) is 4.96. The second-order valence-corrected chi connectivity index (χ2v) is 6.92. The number of hydrogen-bond donors (Lipinski definition) is 2. The van der Waals surface area contributed by atoms with Crippen molar-refractivity contribution in [2.75, 3.05) is 26.2 Å². The largest absolute Gasteiger partial charge is 0.339 e. The van der Waals surface area contributed by atoms with Gasteiger partial charge in [-0.25, -0.2) is 5.48 Å².